The lowest BCUT2D eigenvalue weighted by atomic mass is 9.96. The van der Waals surface area contributed by atoms with E-state index in [-0.39, 0.29) is 18.4 Å². The second-order valence-electron chi connectivity index (χ2n) is 6.01. The molecule has 0 saturated carbocycles. The van der Waals surface area contributed by atoms with Gasteiger partial charge in [0.15, 0.2) is 0 Å². The van der Waals surface area contributed by atoms with Gasteiger partial charge in [-0.2, -0.15) is 5.10 Å². The Hall–Kier alpha value is -1.36. The van der Waals surface area contributed by atoms with Crippen LogP contribution in [0.1, 0.15) is 31.7 Å². The van der Waals surface area contributed by atoms with E-state index >= 15 is 0 Å². The van der Waals surface area contributed by atoms with Crippen LogP contribution < -0.4 is 5.73 Å². The van der Waals surface area contributed by atoms with Crippen LogP contribution in [0, 0.1) is 0 Å². The maximum Gasteiger partial charge on any atom is 0.0645 e. The predicted molar refractivity (Wildman–Crippen MR) is 92.5 cm³/mol. The molecule has 3 rings (SSSR count). The number of aromatic nitrogens is 2. The van der Waals surface area contributed by atoms with E-state index in [1.165, 1.54) is 24.8 Å². The van der Waals surface area contributed by atoms with Gasteiger partial charge in [-0.3, -0.25) is 4.90 Å². The zero-order valence-electron chi connectivity index (χ0n) is 13.1. The van der Waals surface area contributed by atoms with E-state index in [2.05, 4.69) is 41.2 Å². The maximum atomic E-state index is 6.15. The molecule has 2 unspecified atom stereocenters. The molecule has 0 spiro atoms. The van der Waals surface area contributed by atoms with Crippen LogP contribution in [0.2, 0.25) is 0 Å². The van der Waals surface area contributed by atoms with E-state index in [1.54, 1.807) is 6.20 Å². The van der Waals surface area contributed by atoms with E-state index in [9.17, 15) is 0 Å². The van der Waals surface area contributed by atoms with Crippen molar-refractivity contribution in [1.82, 2.24) is 14.7 Å². The molecule has 2 aromatic rings. The van der Waals surface area contributed by atoms with Crippen molar-refractivity contribution in [2.45, 2.75) is 44.8 Å². The van der Waals surface area contributed by atoms with Gasteiger partial charge in [0.05, 0.1) is 5.69 Å². The zero-order valence-corrected chi connectivity index (χ0v) is 13.9. The molecule has 22 heavy (non-hydrogen) atoms. The Morgan fingerprint density at radius 2 is 2.05 bits per heavy atom. The molecule has 2 N–H and O–H groups in total. The molecule has 1 fully saturated rings. The van der Waals surface area contributed by atoms with Crippen LogP contribution in [0.25, 0.3) is 5.69 Å². The van der Waals surface area contributed by atoms with Crippen LogP contribution in [-0.4, -0.2) is 33.3 Å². The van der Waals surface area contributed by atoms with Crippen molar-refractivity contribution in [1.29, 1.82) is 0 Å². The van der Waals surface area contributed by atoms with E-state index in [1.807, 2.05) is 16.9 Å². The van der Waals surface area contributed by atoms with Crippen molar-refractivity contribution in [2.24, 2.45) is 5.73 Å². The van der Waals surface area contributed by atoms with Gasteiger partial charge in [-0.25, -0.2) is 4.68 Å². The number of hydrogen-bond acceptors (Lipinski definition) is 3. The summed E-state index contributed by atoms with van der Waals surface area (Å²) < 4.78 is 1.88. The summed E-state index contributed by atoms with van der Waals surface area (Å²) in [6.07, 6.45) is 7.58. The Balaban J connectivity index is 0.00000176. The number of hydrogen-bond donors (Lipinski definition) is 1. The molecular formula is C17H25ClN4. The van der Waals surface area contributed by atoms with Gasteiger partial charge in [-0.05, 0) is 50.1 Å². The lowest BCUT2D eigenvalue weighted by Crippen LogP contribution is -2.48. The molecular weight excluding hydrogens is 296 g/mol. The molecule has 0 bridgehead atoms. The van der Waals surface area contributed by atoms with Crippen LogP contribution >= 0.6 is 12.4 Å². The fourth-order valence-corrected chi connectivity index (χ4v) is 3.22. The van der Waals surface area contributed by atoms with Crippen LogP contribution in [0.3, 0.4) is 0 Å². The van der Waals surface area contributed by atoms with E-state index in [0.29, 0.717) is 6.04 Å². The van der Waals surface area contributed by atoms with Gasteiger partial charge >= 0.3 is 0 Å². The summed E-state index contributed by atoms with van der Waals surface area (Å²) >= 11 is 0. The van der Waals surface area contributed by atoms with Gasteiger partial charge in [0.1, 0.15) is 0 Å². The van der Waals surface area contributed by atoms with Crippen LogP contribution in [0.5, 0.6) is 0 Å². The second kappa shape index (κ2) is 7.77. The molecule has 1 saturated heterocycles. The first kappa shape index (κ1) is 17.0. The number of benzene rings is 1. The van der Waals surface area contributed by atoms with Crippen molar-refractivity contribution in [2.75, 3.05) is 6.54 Å². The minimum atomic E-state index is 0. The summed E-state index contributed by atoms with van der Waals surface area (Å²) in [5.74, 6) is 0. The molecule has 2 heterocycles. The molecule has 5 heteroatoms. The lowest BCUT2D eigenvalue weighted by Gasteiger charge is -2.38. The molecule has 2 atom stereocenters. The molecule has 0 amide bonds. The molecule has 120 valence electrons. The number of nitrogens with two attached hydrogens (primary N) is 1. The Labute approximate surface area is 138 Å². The van der Waals surface area contributed by atoms with Crippen molar-refractivity contribution in [3.05, 3.63) is 48.3 Å². The minimum absolute atomic E-state index is 0. The van der Waals surface area contributed by atoms with Gasteiger partial charge in [-0.15, -0.1) is 12.4 Å². The largest absolute Gasteiger partial charge is 0.327 e. The highest BCUT2D eigenvalue weighted by atomic mass is 35.5. The molecule has 1 aromatic carbocycles. The van der Waals surface area contributed by atoms with Crippen LogP contribution in [0.4, 0.5) is 0 Å². The third-order valence-electron chi connectivity index (χ3n) is 4.36. The summed E-state index contributed by atoms with van der Waals surface area (Å²) in [4.78, 5) is 2.54. The Bertz CT molecular complexity index is 551. The Kier molecular flexibility index (Phi) is 6.00. The third kappa shape index (κ3) is 3.88. The van der Waals surface area contributed by atoms with Crippen molar-refractivity contribution < 1.29 is 0 Å². The van der Waals surface area contributed by atoms with Gasteiger partial charge in [0.2, 0.25) is 0 Å². The molecule has 4 nitrogen and oxygen atoms in total. The summed E-state index contributed by atoms with van der Waals surface area (Å²) in [5.41, 5.74) is 8.59. The fraction of sp³-hybridized carbons (Fsp3) is 0.471. The number of nitrogens with zero attached hydrogens (tertiary/aromatic N) is 3. The Morgan fingerprint density at radius 1 is 1.27 bits per heavy atom. The van der Waals surface area contributed by atoms with Crippen molar-refractivity contribution in [3.63, 3.8) is 0 Å². The average molecular weight is 321 g/mol. The second-order valence-corrected chi connectivity index (χ2v) is 6.01. The standard InChI is InChI=1S/C17H24N4.ClH/c1-14(18)17-5-2-3-11-20(17)13-15-6-8-16(9-7-15)21-12-4-10-19-21;/h4,6-10,12,14,17H,2-3,5,11,13,18H2,1H3;1H. The molecule has 1 aliphatic rings. The zero-order chi connectivity index (χ0) is 14.7. The number of likely N-dealkylation sites (tertiary alicyclic amines) is 1. The van der Waals surface area contributed by atoms with Crippen LogP contribution in [0.15, 0.2) is 42.7 Å². The Morgan fingerprint density at radius 3 is 2.68 bits per heavy atom. The summed E-state index contributed by atoms with van der Waals surface area (Å²) in [7, 11) is 0. The first-order valence-electron chi connectivity index (χ1n) is 7.82. The van der Waals surface area contributed by atoms with E-state index < -0.39 is 0 Å². The molecule has 1 aromatic heterocycles. The summed E-state index contributed by atoms with van der Waals surface area (Å²) in [5, 5.41) is 4.26. The first-order chi connectivity index (χ1) is 10.2. The maximum absolute atomic E-state index is 6.15. The highest BCUT2D eigenvalue weighted by Crippen LogP contribution is 2.21. The average Bonchev–Trinajstić information content (AvgIpc) is 3.03. The number of halogens is 1. The highest BCUT2D eigenvalue weighted by molar-refractivity contribution is 5.85. The third-order valence-corrected chi connectivity index (χ3v) is 4.36. The first-order valence-corrected chi connectivity index (χ1v) is 7.82. The monoisotopic (exact) mass is 320 g/mol. The quantitative estimate of drug-likeness (QED) is 0.942. The SMILES string of the molecule is CC(N)C1CCCCN1Cc1ccc(-n2cccn2)cc1.Cl. The minimum Gasteiger partial charge on any atom is -0.327 e. The topological polar surface area (TPSA) is 47.1 Å². The lowest BCUT2D eigenvalue weighted by molar-refractivity contribution is 0.123. The van der Waals surface area contributed by atoms with E-state index in [0.717, 1.165) is 18.8 Å². The van der Waals surface area contributed by atoms with Crippen LogP contribution in [-0.2, 0) is 6.54 Å². The predicted octanol–water partition coefficient (Wildman–Crippen LogP) is 3.00. The fourth-order valence-electron chi connectivity index (χ4n) is 3.22. The van der Waals surface area contributed by atoms with Gasteiger partial charge in [0.25, 0.3) is 0 Å². The number of piperidine rings is 1. The molecule has 0 radical (unpaired) electrons. The number of rotatable bonds is 4. The summed E-state index contributed by atoms with van der Waals surface area (Å²) in [6, 6.07) is 11.4. The van der Waals surface area contributed by atoms with Crippen molar-refractivity contribution >= 4 is 12.4 Å². The smallest absolute Gasteiger partial charge is 0.0645 e. The van der Waals surface area contributed by atoms with Crippen molar-refractivity contribution in [3.8, 4) is 5.69 Å². The van der Waals surface area contributed by atoms with Gasteiger partial charge in [-0.1, -0.05) is 18.6 Å². The highest BCUT2D eigenvalue weighted by Gasteiger charge is 2.25. The van der Waals surface area contributed by atoms with Gasteiger partial charge < -0.3 is 5.73 Å². The normalized spacial score (nSPS) is 20.4. The molecule has 0 aliphatic carbocycles. The van der Waals surface area contributed by atoms with E-state index in [4.69, 9.17) is 5.73 Å². The summed E-state index contributed by atoms with van der Waals surface area (Å²) in [6.45, 7) is 4.28. The molecule has 1 aliphatic heterocycles. The van der Waals surface area contributed by atoms with Gasteiger partial charge in [0, 0.05) is 31.0 Å².